The third kappa shape index (κ3) is 4.22. The van der Waals surface area contributed by atoms with Gasteiger partial charge in [-0.3, -0.25) is 14.2 Å². The van der Waals surface area contributed by atoms with Gasteiger partial charge in [-0.05, 0) is 50.5 Å². The van der Waals surface area contributed by atoms with Crippen molar-refractivity contribution in [3.63, 3.8) is 0 Å². The lowest BCUT2D eigenvalue weighted by molar-refractivity contribution is -0.120. The fraction of sp³-hybridized carbons (Fsp3) is 0.619. The number of amides is 1. The van der Waals surface area contributed by atoms with Crippen LogP contribution in [-0.2, 0) is 24.2 Å². The van der Waals surface area contributed by atoms with Crippen molar-refractivity contribution in [2.45, 2.75) is 71.1 Å². The van der Waals surface area contributed by atoms with Crippen LogP contribution >= 0.6 is 23.1 Å². The van der Waals surface area contributed by atoms with Crippen molar-refractivity contribution in [2.24, 2.45) is 11.8 Å². The third-order valence-electron chi connectivity index (χ3n) is 5.81. The first-order valence-corrected chi connectivity index (χ1v) is 11.9. The average molecular weight is 433 g/mol. The second-order valence-electron chi connectivity index (χ2n) is 8.28. The second-order valence-corrected chi connectivity index (χ2v) is 10.3. The van der Waals surface area contributed by atoms with Crippen molar-refractivity contribution in [2.75, 3.05) is 5.75 Å². The molecule has 8 heteroatoms. The van der Waals surface area contributed by atoms with Crippen molar-refractivity contribution in [3.05, 3.63) is 20.8 Å². The number of thioether (sulfide) groups is 1. The number of fused-ring (bicyclic) bond motifs is 3. The normalized spacial score (nSPS) is 18.3. The number of aromatic nitrogens is 2. The number of hydrogen-bond donors (Lipinski definition) is 1. The summed E-state index contributed by atoms with van der Waals surface area (Å²) < 4.78 is 1.66. The molecule has 1 aliphatic carbocycles. The van der Waals surface area contributed by atoms with E-state index in [1.807, 2.05) is 20.8 Å². The van der Waals surface area contributed by atoms with Crippen LogP contribution in [0.4, 0.5) is 0 Å². The molecule has 0 fully saturated rings. The van der Waals surface area contributed by atoms with Crippen molar-refractivity contribution in [3.8, 4) is 6.07 Å². The quantitative estimate of drug-likeness (QED) is 0.555. The van der Waals surface area contributed by atoms with Crippen molar-refractivity contribution in [1.82, 2.24) is 14.9 Å². The topological polar surface area (TPSA) is 87.8 Å². The van der Waals surface area contributed by atoms with E-state index in [0.29, 0.717) is 17.6 Å². The molecule has 0 aliphatic heterocycles. The average Bonchev–Trinajstić information content (AvgIpc) is 3.03. The Bertz CT molecular complexity index is 1030. The number of carbonyl (C=O) groups excluding carboxylic acids is 1. The van der Waals surface area contributed by atoms with Gasteiger partial charge in [0.25, 0.3) is 5.56 Å². The summed E-state index contributed by atoms with van der Waals surface area (Å²) in [7, 11) is 0. The fourth-order valence-corrected chi connectivity index (χ4v) is 5.84. The zero-order valence-corrected chi connectivity index (χ0v) is 19.3. The van der Waals surface area contributed by atoms with Crippen LogP contribution in [0, 0.1) is 23.2 Å². The van der Waals surface area contributed by atoms with E-state index in [4.69, 9.17) is 4.98 Å². The van der Waals surface area contributed by atoms with E-state index in [0.717, 1.165) is 29.5 Å². The van der Waals surface area contributed by atoms with Crippen LogP contribution in [0.1, 0.15) is 51.5 Å². The molecule has 0 aromatic carbocycles. The molecule has 0 saturated heterocycles. The number of nitrogens with zero attached hydrogens (tertiary/aromatic N) is 3. The molecule has 0 spiro atoms. The zero-order valence-electron chi connectivity index (χ0n) is 17.7. The highest BCUT2D eigenvalue weighted by molar-refractivity contribution is 7.99. The van der Waals surface area contributed by atoms with Gasteiger partial charge in [0.05, 0.1) is 17.2 Å². The fourth-order valence-electron chi connectivity index (χ4n) is 3.55. The molecular formula is C21H28N4O2S2. The largest absolute Gasteiger partial charge is 0.337 e. The molecule has 1 amide bonds. The lowest BCUT2D eigenvalue weighted by Crippen LogP contribution is -2.49. The van der Waals surface area contributed by atoms with Gasteiger partial charge in [0.15, 0.2) is 5.16 Å². The van der Waals surface area contributed by atoms with Crippen molar-refractivity contribution >= 4 is 39.2 Å². The van der Waals surface area contributed by atoms with E-state index in [1.54, 1.807) is 22.8 Å². The highest BCUT2D eigenvalue weighted by Crippen LogP contribution is 2.36. The van der Waals surface area contributed by atoms with Crippen LogP contribution in [0.25, 0.3) is 10.2 Å². The molecule has 156 valence electrons. The molecule has 2 aromatic heterocycles. The number of nitrogens with one attached hydrogen (secondary N) is 1. The van der Waals surface area contributed by atoms with Crippen molar-refractivity contribution < 1.29 is 4.79 Å². The highest BCUT2D eigenvalue weighted by atomic mass is 32.2. The Hall–Kier alpha value is -1.85. The molecule has 0 radical (unpaired) electrons. The first-order chi connectivity index (χ1) is 13.7. The Balaban J connectivity index is 1.87. The number of aryl methyl sites for hydroxylation is 1. The monoisotopic (exact) mass is 432 g/mol. The number of hydrogen-bond acceptors (Lipinski definition) is 6. The second kappa shape index (κ2) is 8.49. The van der Waals surface area contributed by atoms with Crippen LogP contribution in [0.3, 0.4) is 0 Å². The summed E-state index contributed by atoms with van der Waals surface area (Å²) in [5.74, 6) is 0.509. The summed E-state index contributed by atoms with van der Waals surface area (Å²) >= 11 is 2.88. The van der Waals surface area contributed by atoms with Gasteiger partial charge in [0, 0.05) is 11.4 Å². The van der Waals surface area contributed by atoms with E-state index in [2.05, 4.69) is 18.3 Å². The van der Waals surface area contributed by atoms with Gasteiger partial charge in [0.2, 0.25) is 5.91 Å². The highest BCUT2D eigenvalue weighted by Gasteiger charge is 2.30. The minimum Gasteiger partial charge on any atom is -0.337 e. The molecule has 2 unspecified atom stereocenters. The van der Waals surface area contributed by atoms with Gasteiger partial charge in [-0.25, -0.2) is 4.98 Å². The van der Waals surface area contributed by atoms with E-state index >= 15 is 0 Å². The maximum absolute atomic E-state index is 13.2. The zero-order chi connectivity index (χ0) is 21.3. The van der Waals surface area contributed by atoms with Gasteiger partial charge >= 0.3 is 0 Å². The molecule has 0 bridgehead atoms. The van der Waals surface area contributed by atoms with Crippen LogP contribution in [-0.4, -0.2) is 26.8 Å². The molecular weight excluding hydrogens is 404 g/mol. The van der Waals surface area contributed by atoms with Crippen LogP contribution < -0.4 is 10.9 Å². The van der Waals surface area contributed by atoms with Gasteiger partial charge in [-0.1, -0.05) is 32.5 Å². The Labute approximate surface area is 179 Å². The van der Waals surface area contributed by atoms with E-state index < -0.39 is 5.54 Å². The maximum atomic E-state index is 13.2. The smallest absolute Gasteiger partial charge is 0.263 e. The number of nitriles is 1. The third-order valence-corrected chi connectivity index (χ3v) is 7.94. The van der Waals surface area contributed by atoms with Crippen LogP contribution in [0.15, 0.2) is 9.95 Å². The Kier molecular flexibility index (Phi) is 6.39. The van der Waals surface area contributed by atoms with Crippen molar-refractivity contribution in [1.29, 1.82) is 5.26 Å². The molecule has 3 rings (SSSR count). The van der Waals surface area contributed by atoms with E-state index in [-0.39, 0.29) is 23.1 Å². The lowest BCUT2D eigenvalue weighted by atomic mass is 9.89. The molecule has 2 aromatic rings. The summed E-state index contributed by atoms with van der Waals surface area (Å²) in [6, 6.07) is 2.18. The summed E-state index contributed by atoms with van der Waals surface area (Å²) in [5, 5.41) is 13.5. The standard InChI is InChI=1S/C21H28N4O2S2/c1-6-25-19(27)17-14-8-7-13(4)9-15(14)29-18(17)23-20(25)28-10-16(26)24-21(5,11-22)12(2)3/h12-13H,6-10H2,1-5H3,(H,24,26). The van der Waals surface area contributed by atoms with Crippen LogP contribution in [0.2, 0.25) is 0 Å². The number of thiophene rings is 1. The first-order valence-electron chi connectivity index (χ1n) is 10.1. The minimum absolute atomic E-state index is 0.00324. The van der Waals surface area contributed by atoms with Gasteiger partial charge in [0.1, 0.15) is 10.4 Å². The van der Waals surface area contributed by atoms with Gasteiger partial charge in [-0.2, -0.15) is 5.26 Å². The summed E-state index contributed by atoms with van der Waals surface area (Å²) in [5.41, 5.74) is 0.262. The minimum atomic E-state index is -0.914. The number of carbonyl (C=O) groups is 1. The predicted molar refractivity (Wildman–Crippen MR) is 118 cm³/mol. The Morgan fingerprint density at radius 1 is 1.52 bits per heavy atom. The Morgan fingerprint density at radius 3 is 2.86 bits per heavy atom. The number of rotatable bonds is 6. The summed E-state index contributed by atoms with van der Waals surface area (Å²) in [6.07, 6.45) is 3.05. The maximum Gasteiger partial charge on any atom is 0.263 e. The SMILES string of the molecule is CCn1c(SCC(=O)NC(C)(C#N)C(C)C)nc2sc3c(c2c1=O)CCC(C)C3. The molecule has 2 atom stereocenters. The molecule has 1 N–H and O–H groups in total. The molecule has 6 nitrogen and oxygen atoms in total. The first kappa shape index (κ1) is 21.8. The van der Waals surface area contributed by atoms with E-state index in [1.165, 1.54) is 22.2 Å². The Morgan fingerprint density at radius 2 is 2.24 bits per heavy atom. The van der Waals surface area contributed by atoms with Gasteiger partial charge in [-0.15, -0.1) is 11.3 Å². The summed E-state index contributed by atoms with van der Waals surface area (Å²) in [6.45, 7) is 10.2. The van der Waals surface area contributed by atoms with Gasteiger partial charge < -0.3 is 5.32 Å². The summed E-state index contributed by atoms with van der Waals surface area (Å²) in [4.78, 5) is 32.4. The molecule has 2 heterocycles. The molecule has 1 aliphatic rings. The lowest BCUT2D eigenvalue weighted by Gasteiger charge is -2.27. The van der Waals surface area contributed by atoms with E-state index in [9.17, 15) is 14.9 Å². The molecule has 0 saturated carbocycles. The predicted octanol–water partition coefficient (Wildman–Crippen LogP) is 3.75. The van der Waals surface area contributed by atoms with Crippen LogP contribution in [0.5, 0.6) is 0 Å². The molecule has 29 heavy (non-hydrogen) atoms.